The molecule has 0 bridgehead atoms. The highest BCUT2D eigenvalue weighted by Crippen LogP contribution is 2.59. The lowest BCUT2D eigenvalue weighted by molar-refractivity contribution is -0.119. The maximum absolute atomic E-state index is 10.7. The van der Waals surface area contributed by atoms with Crippen LogP contribution in [0.3, 0.4) is 0 Å². The molecule has 1 rings (SSSR count). The minimum absolute atomic E-state index is 0.0903. The molecular formula is C10H19NO. The zero-order valence-corrected chi connectivity index (χ0v) is 8.48. The number of hydrogen-bond donors (Lipinski definition) is 1. The SMILES string of the molecule is CC[C@H]1[C@H](CNC(C)=O)C1(C)C. The summed E-state index contributed by atoms with van der Waals surface area (Å²) in [5, 5.41) is 2.89. The largest absolute Gasteiger partial charge is 0.356 e. The van der Waals surface area contributed by atoms with E-state index in [-0.39, 0.29) is 5.91 Å². The third-order valence-corrected chi connectivity index (χ3v) is 3.30. The Balaban J connectivity index is 2.32. The van der Waals surface area contributed by atoms with Gasteiger partial charge in [-0.25, -0.2) is 0 Å². The summed E-state index contributed by atoms with van der Waals surface area (Å²) >= 11 is 0. The van der Waals surface area contributed by atoms with Gasteiger partial charge in [0.1, 0.15) is 0 Å². The lowest BCUT2D eigenvalue weighted by atomic mass is 10.1. The highest BCUT2D eigenvalue weighted by Gasteiger charge is 2.55. The van der Waals surface area contributed by atoms with E-state index in [0.29, 0.717) is 11.3 Å². The summed E-state index contributed by atoms with van der Waals surface area (Å²) in [7, 11) is 0. The van der Waals surface area contributed by atoms with Gasteiger partial charge in [0.15, 0.2) is 0 Å². The van der Waals surface area contributed by atoms with Gasteiger partial charge in [-0.2, -0.15) is 0 Å². The summed E-state index contributed by atoms with van der Waals surface area (Å²) < 4.78 is 0. The van der Waals surface area contributed by atoms with Crippen molar-refractivity contribution in [2.24, 2.45) is 17.3 Å². The predicted octanol–water partition coefficient (Wildman–Crippen LogP) is 1.80. The van der Waals surface area contributed by atoms with Gasteiger partial charge in [0.05, 0.1) is 0 Å². The molecule has 0 spiro atoms. The number of hydrogen-bond acceptors (Lipinski definition) is 1. The molecule has 0 aromatic carbocycles. The van der Waals surface area contributed by atoms with Crippen LogP contribution in [0.5, 0.6) is 0 Å². The number of nitrogens with one attached hydrogen (secondary N) is 1. The highest BCUT2D eigenvalue weighted by atomic mass is 16.1. The second kappa shape index (κ2) is 3.08. The Morgan fingerprint density at radius 1 is 1.42 bits per heavy atom. The van der Waals surface area contributed by atoms with Crippen LogP contribution in [0.1, 0.15) is 34.1 Å². The number of carbonyl (C=O) groups is 1. The first-order valence-electron chi connectivity index (χ1n) is 4.74. The van der Waals surface area contributed by atoms with Gasteiger partial charge in [0.25, 0.3) is 0 Å². The van der Waals surface area contributed by atoms with Crippen LogP contribution in [-0.4, -0.2) is 12.5 Å². The summed E-state index contributed by atoms with van der Waals surface area (Å²) in [6.07, 6.45) is 1.23. The first kappa shape index (κ1) is 9.56. The average molecular weight is 169 g/mol. The molecule has 2 nitrogen and oxygen atoms in total. The van der Waals surface area contributed by atoms with E-state index in [1.54, 1.807) is 6.92 Å². The topological polar surface area (TPSA) is 29.1 Å². The minimum atomic E-state index is 0.0903. The van der Waals surface area contributed by atoms with Crippen LogP contribution in [0.15, 0.2) is 0 Å². The number of carbonyl (C=O) groups excluding carboxylic acids is 1. The van der Waals surface area contributed by atoms with Crippen LogP contribution >= 0.6 is 0 Å². The Kier molecular flexibility index (Phi) is 2.45. The first-order valence-corrected chi connectivity index (χ1v) is 4.74. The van der Waals surface area contributed by atoms with Crippen LogP contribution in [-0.2, 0) is 4.79 Å². The third kappa shape index (κ3) is 1.62. The summed E-state index contributed by atoms with van der Waals surface area (Å²) in [4.78, 5) is 10.7. The zero-order chi connectivity index (χ0) is 9.35. The number of amides is 1. The van der Waals surface area contributed by atoms with E-state index in [1.807, 2.05) is 0 Å². The van der Waals surface area contributed by atoms with Gasteiger partial charge in [-0.3, -0.25) is 4.79 Å². The fourth-order valence-electron chi connectivity index (χ4n) is 2.33. The highest BCUT2D eigenvalue weighted by molar-refractivity contribution is 5.72. The van der Waals surface area contributed by atoms with Crippen LogP contribution in [0.25, 0.3) is 0 Å². The molecule has 12 heavy (non-hydrogen) atoms. The monoisotopic (exact) mass is 169 g/mol. The average Bonchev–Trinajstić information content (AvgIpc) is 2.48. The second-order valence-electron chi connectivity index (χ2n) is 4.38. The van der Waals surface area contributed by atoms with Gasteiger partial charge in [0.2, 0.25) is 5.91 Å². The Morgan fingerprint density at radius 3 is 2.33 bits per heavy atom. The molecule has 1 aliphatic carbocycles. The Bertz CT molecular complexity index is 186. The van der Waals surface area contributed by atoms with Gasteiger partial charge in [0, 0.05) is 13.5 Å². The van der Waals surface area contributed by atoms with Crippen LogP contribution in [0.2, 0.25) is 0 Å². The molecule has 0 radical (unpaired) electrons. The molecule has 0 aromatic heterocycles. The molecule has 2 heteroatoms. The summed E-state index contributed by atoms with van der Waals surface area (Å²) in [5.41, 5.74) is 0.456. The molecule has 0 saturated heterocycles. The molecule has 1 amide bonds. The van der Waals surface area contributed by atoms with Crippen LogP contribution in [0.4, 0.5) is 0 Å². The summed E-state index contributed by atoms with van der Waals surface area (Å²) in [6, 6.07) is 0. The lowest BCUT2D eigenvalue weighted by Crippen LogP contribution is -2.23. The van der Waals surface area contributed by atoms with E-state index >= 15 is 0 Å². The van der Waals surface area contributed by atoms with Crippen LogP contribution in [0, 0.1) is 17.3 Å². The molecule has 0 heterocycles. The van der Waals surface area contributed by atoms with Gasteiger partial charge < -0.3 is 5.32 Å². The van der Waals surface area contributed by atoms with Crippen molar-refractivity contribution in [3.63, 3.8) is 0 Å². The molecule has 70 valence electrons. The standard InChI is InChI=1S/C10H19NO/c1-5-8-9(10(8,3)4)6-11-7(2)12/h8-9H,5-6H2,1-4H3,(H,11,12)/t8-,9-/m0/s1. The van der Waals surface area contributed by atoms with Crippen molar-refractivity contribution in [2.75, 3.05) is 6.54 Å². The zero-order valence-electron chi connectivity index (χ0n) is 8.48. The van der Waals surface area contributed by atoms with E-state index < -0.39 is 0 Å². The van der Waals surface area contributed by atoms with Gasteiger partial charge in [-0.15, -0.1) is 0 Å². The van der Waals surface area contributed by atoms with Crippen molar-refractivity contribution in [2.45, 2.75) is 34.1 Å². The Labute approximate surface area is 74.7 Å². The van der Waals surface area contributed by atoms with E-state index in [4.69, 9.17) is 0 Å². The molecule has 1 fully saturated rings. The fraction of sp³-hybridized carbons (Fsp3) is 0.900. The van der Waals surface area contributed by atoms with Gasteiger partial charge in [-0.1, -0.05) is 27.2 Å². The third-order valence-electron chi connectivity index (χ3n) is 3.30. The minimum Gasteiger partial charge on any atom is -0.356 e. The Morgan fingerprint density at radius 2 is 2.00 bits per heavy atom. The van der Waals surface area contributed by atoms with E-state index in [2.05, 4.69) is 26.1 Å². The Hall–Kier alpha value is -0.530. The normalized spacial score (nSPS) is 31.3. The molecule has 0 aliphatic heterocycles. The van der Waals surface area contributed by atoms with Crippen molar-refractivity contribution >= 4 is 5.91 Å². The quantitative estimate of drug-likeness (QED) is 0.686. The van der Waals surface area contributed by atoms with Crippen molar-refractivity contribution < 1.29 is 4.79 Å². The summed E-state index contributed by atoms with van der Waals surface area (Å²) in [5.74, 6) is 1.60. The maximum Gasteiger partial charge on any atom is 0.216 e. The predicted molar refractivity (Wildman–Crippen MR) is 49.7 cm³/mol. The molecule has 1 N–H and O–H groups in total. The van der Waals surface area contributed by atoms with Gasteiger partial charge in [-0.05, 0) is 17.3 Å². The van der Waals surface area contributed by atoms with Crippen LogP contribution < -0.4 is 5.32 Å². The molecule has 1 saturated carbocycles. The smallest absolute Gasteiger partial charge is 0.216 e. The van der Waals surface area contributed by atoms with Crippen molar-refractivity contribution in [1.82, 2.24) is 5.32 Å². The second-order valence-corrected chi connectivity index (χ2v) is 4.38. The molecular weight excluding hydrogens is 150 g/mol. The lowest BCUT2D eigenvalue weighted by Gasteiger charge is -2.02. The van der Waals surface area contributed by atoms with E-state index in [1.165, 1.54) is 6.42 Å². The van der Waals surface area contributed by atoms with Gasteiger partial charge >= 0.3 is 0 Å². The number of rotatable bonds is 3. The molecule has 0 unspecified atom stereocenters. The molecule has 1 aliphatic rings. The fourth-order valence-corrected chi connectivity index (χ4v) is 2.33. The molecule has 0 aromatic rings. The van der Waals surface area contributed by atoms with Crippen molar-refractivity contribution in [1.29, 1.82) is 0 Å². The maximum atomic E-state index is 10.7. The van der Waals surface area contributed by atoms with Crippen molar-refractivity contribution in [3.05, 3.63) is 0 Å². The van der Waals surface area contributed by atoms with Crippen molar-refractivity contribution in [3.8, 4) is 0 Å². The van der Waals surface area contributed by atoms with E-state index in [9.17, 15) is 4.79 Å². The molecule has 2 atom stereocenters. The summed E-state index contributed by atoms with van der Waals surface area (Å²) in [6.45, 7) is 9.23. The van der Waals surface area contributed by atoms with E-state index in [0.717, 1.165) is 12.5 Å². The first-order chi connectivity index (χ1) is 5.50.